The maximum atomic E-state index is 12.8. The smallest absolute Gasteiger partial charge is 0.261 e. The molecular weight excluding hydrogens is 304 g/mol. The molecule has 118 valence electrons. The molecule has 2 aromatic carbocycles. The van der Waals surface area contributed by atoms with Gasteiger partial charge in [-0.05, 0) is 30.7 Å². The molecule has 1 N–H and O–H groups in total. The van der Waals surface area contributed by atoms with Gasteiger partial charge in [-0.1, -0.05) is 29.8 Å². The predicted octanol–water partition coefficient (Wildman–Crippen LogP) is 3.05. The molecule has 0 aliphatic carbocycles. The summed E-state index contributed by atoms with van der Waals surface area (Å²) in [5.41, 5.74) is 3.05. The molecule has 2 amide bonds. The van der Waals surface area contributed by atoms with E-state index < -0.39 is 0 Å². The van der Waals surface area contributed by atoms with Gasteiger partial charge in [0.05, 0.1) is 17.7 Å². The van der Waals surface area contributed by atoms with Crippen LogP contribution in [0, 0.1) is 6.92 Å². The van der Waals surface area contributed by atoms with Crippen LogP contribution in [0.1, 0.15) is 31.8 Å². The van der Waals surface area contributed by atoms with Crippen molar-refractivity contribution in [2.45, 2.75) is 13.5 Å². The van der Waals surface area contributed by atoms with Crippen molar-refractivity contribution in [1.29, 1.82) is 0 Å². The van der Waals surface area contributed by atoms with Gasteiger partial charge in [0.2, 0.25) is 0 Å². The normalized spacial score (nSPS) is 13.6. The Hall–Kier alpha value is -3.21. The number of aryl methyl sites for hydroxylation is 1. The van der Waals surface area contributed by atoms with Crippen molar-refractivity contribution >= 4 is 22.7 Å². The molecule has 0 atom stereocenters. The molecule has 0 saturated heterocycles. The second kappa shape index (κ2) is 5.16. The molecular formula is C19H14N2O3. The van der Waals surface area contributed by atoms with Crippen LogP contribution in [-0.4, -0.2) is 26.8 Å². The number of imide groups is 1. The van der Waals surface area contributed by atoms with E-state index in [1.807, 2.05) is 31.2 Å². The van der Waals surface area contributed by atoms with Crippen LogP contribution >= 0.6 is 0 Å². The first-order valence-corrected chi connectivity index (χ1v) is 7.58. The number of aromatic nitrogens is 1. The maximum absolute atomic E-state index is 12.8. The number of aromatic hydroxyl groups is 1. The Morgan fingerprint density at radius 3 is 2.33 bits per heavy atom. The summed E-state index contributed by atoms with van der Waals surface area (Å²) in [6, 6.07) is 12.3. The molecule has 1 aromatic heterocycles. The average Bonchev–Trinajstić information content (AvgIpc) is 2.59. The van der Waals surface area contributed by atoms with E-state index in [0.717, 1.165) is 11.1 Å². The molecule has 4 rings (SSSR count). The van der Waals surface area contributed by atoms with Gasteiger partial charge in [-0.25, -0.2) is 0 Å². The third-order valence-electron chi connectivity index (χ3n) is 4.28. The molecule has 5 nitrogen and oxygen atoms in total. The van der Waals surface area contributed by atoms with Crippen molar-refractivity contribution in [2.75, 3.05) is 0 Å². The molecule has 0 fully saturated rings. The molecule has 0 unspecified atom stereocenters. The largest absolute Gasteiger partial charge is 0.506 e. The highest BCUT2D eigenvalue weighted by Gasteiger charge is 2.33. The Balaban J connectivity index is 1.83. The van der Waals surface area contributed by atoms with E-state index in [9.17, 15) is 14.7 Å². The molecule has 3 aromatic rings. The maximum Gasteiger partial charge on any atom is 0.261 e. The highest BCUT2D eigenvalue weighted by molar-refractivity contribution is 6.25. The van der Waals surface area contributed by atoms with Crippen LogP contribution < -0.4 is 0 Å². The molecule has 0 spiro atoms. The quantitative estimate of drug-likeness (QED) is 0.737. The number of pyridine rings is 1. The molecule has 5 heteroatoms. The van der Waals surface area contributed by atoms with Crippen LogP contribution in [0.25, 0.3) is 10.9 Å². The van der Waals surface area contributed by atoms with Gasteiger partial charge < -0.3 is 5.11 Å². The van der Waals surface area contributed by atoms with Gasteiger partial charge in [-0.15, -0.1) is 0 Å². The Labute approximate surface area is 138 Å². The number of amides is 2. The van der Waals surface area contributed by atoms with Crippen LogP contribution in [0.4, 0.5) is 0 Å². The SMILES string of the molecule is Cc1ccc(CN2C(=O)c3ccnc4c(O)ccc(c34)C2=O)cc1. The van der Waals surface area contributed by atoms with Crippen molar-refractivity contribution in [2.24, 2.45) is 0 Å². The van der Waals surface area contributed by atoms with E-state index in [2.05, 4.69) is 4.98 Å². The standard InChI is InChI=1S/C19H14N2O3/c1-11-2-4-12(5-3-11)10-21-18(23)13-6-7-15(22)17-16(13)14(19(21)24)8-9-20-17/h2-9,22H,10H2,1H3. The zero-order chi connectivity index (χ0) is 16.8. The lowest BCUT2D eigenvalue weighted by molar-refractivity contribution is 0.0598. The fraction of sp³-hybridized carbons (Fsp3) is 0.105. The van der Waals surface area contributed by atoms with E-state index in [0.29, 0.717) is 16.5 Å². The number of rotatable bonds is 2. The van der Waals surface area contributed by atoms with Gasteiger partial charge in [-0.2, -0.15) is 0 Å². The highest BCUT2D eigenvalue weighted by atomic mass is 16.3. The van der Waals surface area contributed by atoms with E-state index >= 15 is 0 Å². The van der Waals surface area contributed by atoms with Gasteiger partial charge in [0.15, 0.2) is 0 Å². The van der Waals surface area contributed by atoms with Gasteiger partial charge in [0.1, 0.15) is 11.3 Å². The summed E-state index contributed by atoms with van der Waals surface area (Å²) in [5.74, 6) is -0.777. The van der Waals surface area contributed by atoms with E-state index in [1.54, 1.807) is 12.1 Å². The molecule has 2 heterocycles. The van der Waals surface area contributed by atoms with Gasteiger partial charge >= 0.3 is 0 Å². The highest BCUT2D eigenvalue weighted by Crippen LogP contribution is 2.33. The van der Waals surface area contributed by atoms with Crippen molar-refractivity contribution in [3.63, 3.8) is 0 Å². The Kier molecular flexibility index (Phi) is 3.09. The molecule has 24 heavy (non-hydrogen) atoms. The van der Waals surface area contributed by atoms with Crippen molar-refractivity contribution in [1.82, 2.24) is 9.88 Å². The zero-order valence-electron chi connectivity index (χ0n) is 13.0. The molecule has 1 aliphatic heterocycles. The first-order valence-electron chi connectivity index (χ1n) is 7.58. The first-order chi connectivity index (χ1) is 11.6. The molecule has 0 bridgehead atoms. The third-order valence-corrected chi connectivity index (χ3v) is 4.28. The Morgan fingerprint density at radius 1 is 0.958 bits per heavy atom. The second-order valence-electron chi connectivity index (χ2n) is 5.90. The van der Waals surface area contributed by atoms with Crippen LogP contribution in [-0.2, 0) is 6.54 Å². The minimum absolute atomic E-state index is 0.0387. The van der Waals surface area contributed by atoms with E-state index in [-0.39, 0.29) is 29.6 Å². The van der Waals surface area contributed by atoms with E-state index in [4.69, 9.17) is 0 Å². The monoisotopic (exact) mass is 318 g/mol. The van der Waals surface area contributed by atoms with Crippen molar-refractivity contribution < 1.29 is 14.7 Å². The second-order valence-corrected chi connectivity index (χ2v) is 5.90. The number of carbonyl (C=O) groups is 2. The summed E-state index contributed by atoms with van der Waals surface area (Å²) < 4.78 is 0. The fourth-order valence-corrected chi connectivity index (χ4v) is 3.01. The number of hydrogen-bond donors (Lipinski definition) is 1. The predicted molar refractivity (Wildman–Crippen MR) is 88.8 cm³/mol. The minimum atomic E-state index is -0.369. The molecule has 0 radical (unpaired) electrons. The number of hydrogen-bond acceptors (Lipinski definition) is 4. The average molecular weight is 318 g/mol. The first kappa shape index (κ1) is 14.4. The summed E-state index contributed by atoms with van der Waals surface area (Å²) in [7, 11) is 0. The van der Waals surface area contributed by atoms with E-state index in [1.165, 1.54) is 17.2 Å². The summed E-state index contributed by atoms with van der Waals surface area (Å²) >= 11 is 0. The summed E-state index contributed by atoms with van der Waals surface area (Å²) in [5, 5.41) is 10.4. The van der Waals surface area contributed by atoms with Gasteiger partial charge in [-0.3, -0.25) is 19.5 Å². The number of carbonyl (C=O) groups excluding carboxylic acids is 2. The van der Waals surface area contributed by atoms with Crippen LogP contribution in [0.3, 0.4) is 0 Å². The Bertz CT molecular complexity index is 971. The lowest BCUT2D eigenvalue weighted by atomic mass is 9.96. The van der Waals surface area contributed by atoms with Crippen LogP contribution in [0.15, 0.2) is 48.7 Å². The number of phenolic OH excluding ortho intramolecular Hbond substituents is 1. The fourth-order valence-electron chi connectivity index (χ4n) is 3.01. The van der Waals surface area contributed by atoms with Crippen molar-refractivity contribution in [3.05, 3.63) is 70.9 Å². The number of benzene rings is 2. The van der Waals surface area contributed by atoms with Crippen LogP contribution in [0.5, 0.6) is 5.75 Å². The van der Waals surface area contributed by atoms with Crippen molar-refractivity contribution in [3.8, 4) is 5.75 Å². The molecule has 0 saturated carbocycles. The summed E-state index contributed by atoms with van der Waals surface area (Å²) in [6.45, 7) is 2.19. The number of nitrogens with zero attached hydrogens (tertiary/aromatic N) is 2. The van der Waals surface area contributed by atoms with Gasteiger partial charge in [0.25, 0.3) is 11.8 Å². The third kappa shape index (κ3) is 2.06. The lowest BCUT2D eigenvalue weighted by Crippen LogP contribution is -2.39. The summed E-state index contributed by atoms with van der Waals surface area (Å²) in [6.07, 6.45) is 1.47. The summed E-state index contributed by atoms with van der Waals surface area (Å²) in [4.78, 5) is 30.9. The molecule has 1 aliphatic rings. The zero-order valence-corrected chi connectivity index (χ0v) is 13.0. The van der Waals surface area contributed by atoms with Crippen LogP contribution in [0.2, 0.25) is 0 Å². The lowest BCUT2D eigenvalue weighted by Gasteiger charge is -2.27. The van der Waals surface area contributed by atoms with Gasteiger partial charge in [0, 0.05) is 11.6 Å². The number of phenols is 1. The minimum Gasteiger partial charge on any atom is -0.506 e. The Morgan fingerprint density at radius 2 is 1.62 bits per heavy atom. The topological polar surface area (TPSA) is 70.5 Å².